The number of aryl methyl sites for hydroxylation is 1. The fourth-order valence-electron chi connectivity index (χ4n) is 3.74. The average molecular weight is 380 g/mol. The zero-order valence-electron chi connectivity index (χ0n) is 16.8. The van der Waals surface area contributed by atoms with Gasteiger partial charge in [-0.05, 0) is 31.4 Å². The maximum absolute atomic E-state index is 5.97. The largest absolute Gasteiger partial charge is 0.377 e. The highest BCUT2D eigenvalue weighted by molar-refractivity contribution is 5.78. The SMILES string of the molecule is COCc1nc(C2CC(N)C2)cc(N(C)CCc2nc3c(C)cccc3[nH]2)n1. The quantitative estimate of drug-likeness (QED) is 0.655. The normalized spacial score (nSPS) is 19.0. The van der Waals surface area contributed by atoms with E-state index in [1.54, 1.807) is 7.11 Å². The first kappa shape index (κ1) is 18.8. The van der Waals surface area contributed by atoms with Gasteiger partial charge in [0.05, 0.1) is 11.0 Å². The molecular weight excluding hydrogens is 352 g/mol. The van der Waals surface area contributed by atoms with E-state index < -0.39 is 0 Å². The topological polar surface area (TPSA) is 93.0 Å². The third-order valence-corrected chi connectivity index (χ3v) is 5.48. The van der Waals surface area contributed by atoms with E-state index >= 15 is 0 Å². The first-order valence-electron chi connectivity index (χ1n) is 9.81. The van der Waals surface area contributed by atoms with E-state index in [4.69, 9.17) is 15.5 Å². The number of imidazole rings is 1. The molecule has 2 heterocycles. The van der Waals surface area contributed by atoms with Gasteiger partial charge < -0.3 is 20.4 Å². The van der Waals surface area contributed by atoms with Crippen LogP contribution in [0.5, 0.6) is 0 Å². The predicted octanol–water partition coefficient (Wildman–Crippen LogP) is 2.69. The second-order valence-corrected chi connectivity index (χ2v) is 7.75. The van der Waals surface area contributed by atoms with Gasteiger partial charge in [0.15, 0.2) is 5.82 Å². The van der Waals surface area contributed by atoms with E-state index in [9.17, 15) is 0 Å². The number of fused-ring (bicyclic) bond motifs is 1. The van der Waals surface area contributed by atoms with Gasteiger partial charge >= 0.3 is 0 Å². The summed E-state index contributed by atoms with van der Waals surface area (Å²) in [6.45, 7) is 3.31. The number of ether oxygens (including phenoxy) is 1. The number of methoxy groups -OCH3 is 1. The molecule has 0 spiro atoms. The van der Waals surface area contributed by atoms with Gasteiger partial charge in [-0.25, -0.2) is 15.0 Å². The van der Waals surface area contributed by atoms with Crippen LogP contribution < -0.4 is 10.6 Å². The molecule has 7 heteroatoms. The van der Waals surface area contributed by atoms with E-state index in [-0.39, 0.29) is 0 Å². The summed E-state index contributed by atoms with van der Waals surface area (Å²) in [4.78, 5) is 19.7. The molecule has 3 N–H and O–H groups in total. The summed E-state index contributed by atoms with van der Waals surface area (Å²) in [6, 6.07) is 8.60. The molecule has 1 saturated carbocycles. The van der Waals surface area contributed by atoms with Crippen LogP contribution in [0.2, 0.25) is 0 Å². The van der Waals surface area contributed by atoms with Crippen LogP contribution in [0.4, 0.5) is 5.82 Å². The van der Waals surface area contributed by atoms with Crippen LogP contribution in [0, 0.1) is 6.92 Å². The van der Waals surface area contributed by atoms with Crippen molar-refractivity contribution in [2.24, 2.45) is 5.73 Å². The van der Waals surface area contributed by atoms with Crippen LogP contribution in [-0.4, -0.2) is 46.7 Å². The van der Waals surface area contributed by atoms with Crippen molar-refractivity contribution in [1.82, 2.24) is 19.9 Å². The molecule has 0 unspecified atom stereocenters. The number of nitrogens with two attached hydrogens (primary N) is 1. The van der Waals surface area contributed by atoms with Crippen LogP contribution in [0.25, 0.3) is 11.0 Å². The van der Waals surface area contributed by atoms with Crippen LogP contribution >= 0.6 is 0 Å². The van der Waals surface area contributed by atoms with Crippen molar-refractivity contribution >= 4 is 16.9 Å². The molecule has 0 radical (unpaired) electrons. The lowest BCUT2D eigenvalue weighted by Gasteiger charge is -2.32. The number of nitrogens with one attached hydrogen (secondary N) is 1. The Hall–Kier alpha value is -2.51. The van der Waals surface area contributed by atoms with Crippen LogP contribution in [0.1, 0.15) is 41.7 Å². The van der Waals surface area contributed by atoms with Gasteiger partial charge in [-0.1, -0.05) is 12.1 Å². The lowest BCUT2D eigenvalue weighted by atomic mass is 9.78. The highest BCUT2D eigenvalue weighted by atomic mass is 16.5. The highest BCUT2D eigenvalue weighted by Gasteiger charge is 2.29. The minimum absolute atomic E-state index is 0.295. The number of aromatic nitrogens is 4. The second kappa shape index (κ2) is 7.85. The Balaban J connectivity index is 1.49. The van der Waals surface area contributed by atoms with Crippen LogP contribution in [0.3, 0.4) is 0 Å². The first-order chi connectivity index (χ1) is 13.5. The van der Waals surface area contributed by atoms with E-state index in [1.807, 2.05) is 0 Å². The predicted molar refractivity (Wildman–Crippen MR) is 111 cm³/mol. The Labute approximate surface area is 165 Å². The standard InChI is InChI=1S/C21H28N6O/c1-13-5-4-6-16-21(13)26-18(23-16)7-8-27(2)20-11-17(14-9-15(22)10-14)24-19(25-20)12-28-3/h4-6,11,14-15H,7-10,12,22H2,1-3H3,(H,23,26). The van der Waals surface area contributed by atoms with Crippen LogP contribution in [0.15, 0.2) is 24.3 Å². The average Bonchev–Trinajstić information content (AvgIpc) is 3.08. The summed E-state index contributed by atoms with van der Waals surface area (Å²) < 4.78 is 5.26. The summed E-state index contributed by atoms with van der Waals surface area (Å²) in [6.07, 6.45) is 2.80. The molecule has 148 valence electrons. The number of benzene rings is 1. The molecule has 0 atom stereocenters. The molecule has 1 fully saturated rings. The molecule has 0 amide bonds. The lowest BCUT2D eigenvalue weighted by Crippen LogP contribution is -2.35. The monoisotopic (exact) mass is 380 g/mol. The highest BCUT2D eigenvalue weighted by Crippen LogP contribution is 2.35. The van der Waals surface area contributed by atoms with E-state index in [0.29, 0.717) is 18.6 Å². The minimum Gasteiger partial charge on any atom is -0.377 e. The Morgan fingerprint density at radius 2 is 2.07 bits per heavy atom. The van der Waals surface area contributed by atoms with E-state index in [0.717, 1.165) is 60.0 Å². The Morgan fingerprint density at radius 3 is 2.79 bits per heavy atom. The summed E-state index contributed by atoms with van der Waals surface area (Å²) in [5.41, 5.74) is 10.4. The van der Waals surface area contributed by atoms with Crippen molar-refractivity contribution in [2.75, 3.05) is 25.6 Å². The fourth-order valence-corrected chi connectivity index (χ4v) is 3.74. The number of hydrogen-bond donors (Lipinski definition) is 2. The van der Waals surface area contributed by atoms with Gasteiger partial charge in [0, 0.05) is 50.8 Å². The smallest absolute Gasteiger partial charge is 0.156 e. The van der Waals surface area contributed by atoms with Gasteiger partial charge in [0.1, 0.15) is 18.2 Å². The molecule has 1 aromatic carbocycles. The maximum atomic E-state index is 5.97. The third-order valence-electron chi connectivity index (χ3n) is 5.48. The number of hydrogen-bond acceptors (Lipinski definition) is 6. The summed E-state index contributed by atoms with van der Waals surface area (Å²) in [5, 5.41) is 0. The van der Waals surface area contributed by atoms with Gasteiger partial charge in [-0.3, -0.25) is 0 Å². The second-order valence-electron chi connectivity index (χ2n) is 7.75. The molecule has 7 nitrogen and oxygen atoms in total. The molecule has 0 bridgehead atoms. The number of rotatable bonds is 7. The van der Waals surface area contributed by atoms with Gasteiger partial charge in [-0.15, -0.1) is 0 Å². The van der Waals surface area contributed by atoms with Gasteiger partial charge in [-0.2, -0.15) is 0 Å². The molecule has 0 saturated heterocycles. The Kier molecular flexibility index (Phi) is 5.28. The molecule has 0 aliphatic heterocycles. The van der Waals surface area contributed by atoms with Gasteiger partial charge in [0.2, 0.25) is 0 Å². The molecule has 3 aromatic rings. The van der Waals surface area contributed by atoms with E-state index in [2.05, 4.69) is 58.1 Å². The van der Waals surface area contributed by atoms with Crippen molar-refractivity contribution in [3.63, 3.8) is 0 Å². The van der Waals surface area contributed by atoms with Crippen molar-refractivity contribution in [1.29, 1.82) is 0 Å². The molecule has 1 aliphatic rings. The zero-order chi connectivity index (χ0) is 19.7. The molecule has 2 aromatic heterocycles. The van der Waals surface area contributed by atoms with Crippen molar-refractivity contribution in [3.8, 4) is 0 Å². The first-order valence-corrected chi connectivity index (χ1v) is 9.81. The number of anilines is 1. The minimum atomic E-state index is 0.295. The van der Waals surface area contributed by atoms with Crippen molar-refractivity contribution in [2.45, 2.75) is 44.8 Å². The fraction of sp³-hybridized carbons (Fsp3) is 0.476. The van der Waals surface area contributed by atoms with Gasteiger partial charge in [0.25, 0.3) is 0 Å². The number of H-pyrrole nitrogens is 1. The molecule has 4 rings (SSSR count). The summed E-state index contributed by atoms with van der Waals surface area (Å²) in [7, 11) is 3.73. The molecule has 1 aliphatic carbocycles. The Morgan fingerprint density at radius 1 is 1.25 bits per heavy atom. The van der Waals surface area contributed by atoms with Crippen molar-refractivity contribution in [3.05, 3.63) is 47.2 Å². The summed E-state index contributed by atoms with van der Waals surface area (Å²) in [5.74, 6) is 3.07. The number of nitrogens with zero attached hydrogens (tertiary/aromatic N) is 4. The number of aromatic amines is 1. The molecular formula is C21H28N6O. The third kappa shape index (κ3) is 3.86. The zero-order valence-corrected chi connectivity index (χ0v) is 16.8. The van der Waals surface area contributed by atoms with Crippen molar-refractivity contribution < 1.29 is 4.74 Å². The number of para-hydroxylation sites is 1. The lowest BCUT2D eigenvalue weighted by molar-refractivity contribution is 0.177. The summed E-state index contributed by atoms with van der Waals surface area (Å²) >= 11 is 0. The van der Waals surface area contributed by atoms with Crippen LogP contribution in [-0.2, 0) is 17.8 Å². The number of likely N-dealkylation sites (N-methyl/N-ethyl adjacent to an activating group) is 1. The Bertz CT molecular complexity index is 963. The van der Waals surface area contributed by atoms with E-state index in [1.165, 1.54) is 5.56 Å². The molecule has 28 heavy (non-hydrogen) atoms. The maximum Gasteiger partial charge on any atom is 0.156 e.